The summed E-state index contributed by atoms with van der Waals surface area (Å²) >= 11 is 0. The highest BCUT2D eigenvalue weighted by molar-refractivity contribution is 6.05. The molecule has 1 aromatic carbocycles. The van der Waals surface area contributed by atoms with Crippen LogP contribution in [0, 0.1) is 0 Å². The van der Waals surface area contributed by atoms with Crippen molar-refractivity contribution in [3.8, 4) is 0 Å². The first kappa shape index (κ1) is 14.0. The Bertz CT molecular complexity index is 753. The highest BCUT2D eigenvalue weighted by atomic mass is 16.2. The van der Waals surface area contributed by atoms with Crippen LogP contribution in [-0.4, -0.2) is 23.5 Å². The van der Waals surface area contributed by atoms with Gasteiger partial charge in [-0.25, -0.2) is 4.98 Å². The second-order valence-corrected chi connectivity index (χ2v) is 6.07. The molecule has 0 bridgehead atoms. The molecular formula is C19H19N3O. The number of carbonyl (C=O) groups is 1. The molecular weight excluding hydrogens is 286 g/mol. The SMILES string of the molecule is C=Cc1ccc(CN2C(=O)[C@@H]3CCCN3c3ncccc32)cc1. The van der Waals surface area contributed by atoms with Gasteiger partial charge in [0.05, 0.1) is 12.2 Å². The third-order valence-electron chi connectivity index (χ3n) is 4.69. The quantitative estimate of drug-likeness (QED) is 0.873. The molecule has 2 aromatic rings. The summed E-state index contributed by atoms with van der Waals surface area (Å²) in [6, 6.07) is 12.0. The van der Waals surface area contributed by atoms with Crippen molar-refractivity contribution in [2.75, 3.05) is 16.3 Å². The summed E-state index contributed by atoms with van der Waals surface area (Å²) < 4.78 is 0. The van der Waals surface area contributed by atoms with E-state index >= 15 is 0 Å². The van der Waals surface area contributed by atoms with E-state index in [1.54, 1.807) is 6.20 Å². The first-order chi connectivity index (χ1) is 11.3. The average Bonchev–Trinajstić information content (AvgIpc) is 3.09. The van der Waals surface area contributed by atoms with Crippen LogP contribution in [0.25, 0.3) is 6.08 Å². The second kappa shape index (κ2) is 5.54. The number of carbonyl (C=O) groups excluding carboxylic acids is 1. The number of nitrogens with zero attached hydrogens (tertiary/aromatic N) is 3. The van der Waals surface area contributed by atoms with E-state index in [1.807, 2.05) is 35.2 Å². The molecule has 0 radical (unpaired) electrons. The lowest BCUT2D eigenvalue weighted by Gasteiger charge is -2.38. The fourth-order valence-electron chi connectivity index (χ4n) is 3.50. The lowest BCUT2D eigenvalue weighted by molar-refractivity contribution is -0.120. The predicted octanol–water partition coefficient (Wildman–Crippen LogP) is 3.24. The van der Waals surface area contributed by atoms with Gasteiger partial charge in [-0.2, -0.15) is 0 Å². The number of hydrogen-bond acceptors (Lipinski definition) is 3. The van der Waals surface area contributed by atoms with E-state index in [9.17, 15) is 4.79 Å². The maximum Gasteiger partial charge on any atom is 0.250 e. The van der Waals surface area contributed by atoms with Gasteiger partial charge in [0.25, 0.3) is 0 Å². The summed E-state index contributed by atoms with van der Waals surface area (Å²) in [6.07, 6.45) is 5.60. The molecule has 1 fully saturated rings. The molecule has 23 heavy (non-hydrogen) atoms. The van der Waals surface area contributed by atoms with Crippen LogP contribution in [0.2, 0.25) is 0 Å². The van der Waals surface area contributed by atoms with Gasteiger partial charge in [-0.1, -0.05) is 36.9 Å². The number of hydrogen-bond donors (Lipinski definition) is 0. The third-order valence-corrected chi connectivity index (χ3v) is 4.69. The zero-order valence-corrected chi connectivity index (χ0v) is 13.0. The molecule has 1 atom stereocenters. The van der Waals surface area contributed by atoms with Gasteiger partial charge < -0.3 is 9.80 Å². The molecule has 0 saturated carbocycles. The first-order valence-electron chi connectivity index (χ1n) is 8.02. The van der Waals surface area contributed by atoms with Gasteiger partial charge in [0, 0.05) is 12.7 Å². The Labute approximate surface area is 136 Å². The molecule has 0 aliphatic carbocycles. The third kappa shape index (κ3) is 2.31. The molecule has 1 amide bonds. The zero-order valence-electron chi connectivity index (χ0n) is 13.0. The average molecular weight is 305 g/mol. The van der Waals surface area contributed by atoms with Gasteiger partial charge in [0.15, 0.2) is 5.82 Å². The molecule has 3 heterocycles. The van der Waals surface area contributed by atoms with E-state index in [0.29, 0.717) is 6.54 Å². The minimum atomic E-state index is -0.0511. The van der Waals surface area contributed by atoms with E-state index in [2.05, 4.69) is 28.6 Å². The van der Waals surface area contributed by atoms with Crippen molar-refractivity contribution in [1.29, 1.82) is 0 Å². The molecule has 4 nitrogen and oxygen atoms in total. The van der Waals surface area contributed by atoms with Crippen molar-refractivity contribution in [3.63, 3.8) is 0 Å². The topological polar surface area (TPSA) is 36.4 Å². The zero-order chi connectivity index (χ0) is 15.8. The van der Waals surface area contributed by atoms with Crippen molar-refractivity contribution in [2.24, 2.45) is 0 Å². The molecule has 2 aliphatic rings. The largest absolute Gasteiger partial charge is 0.343 e. The molecule has 2 aliphatic heterocycles. The number of pyridine rings is 1. The summed E-state index contributed by atoms with van der Waals surface area (Å²) in [4.78, 5) is 21.5. The summed E-state index contributed by atoms with van der Waals surface area (Å²) in [5.41, 5.74) is 3.12. The van der Waals surface area contributed by atoms with E-state index in [1.165, 1.54) is 0 Å². The van der Waals surface area contributed by atoms with Crippen LogP contribution in [0.4, 0.5) is 11.5 Å². The fraction of sp³-hybridized carbons (Fsp3) is 0.263. The summed E-state index contributed by atoms with van der Waals surface area (Å²) in [5, 5.41) is 0. The molecule has 1 saturated heterocycles. The van der Waals surface area contributed by atoms with E-state index < -0.39 is 0 Å². The Morgan fingerprint density at radius 3 is 2.87 bits per heavy atom. The van der Waals surface area contributed by atoms with Gasteiger partial charge in [-0.3, -0.25) is 4.79 Å². The molecule has 1 aromatic heterocycles. The van der Waals surface area contributed by atoms with E-state index in [0.717, 1.165) is 42.0 Å². The normalized spacial score (nSPS) is 19.5. The van der Waals surface area contributed by atoms with Crippen molar-refractivity contribution in [2.45, 2.75) is 25.4 Å². The minimum absolute atomic E-state index is 0.0511. The summed E-state index contributed by atoms with van der Waals surface area (Å²) in [6.45, 7) is 5.28. The fourth-order valence-corrected chi connectivity index (χ4v) is 3.50. The Balaban J connectivity index is 1.70. The highest BCUT2D eigenvalue weighted by Crippen LogP contribution is 2.38. The van der Waals surface area contributed by atoms with Crippen LogP contribution >= 0.6 is 0 Å². The maximum absolute atomic E-state index is 12.9. The van der Waals surface area contributed by atoms with Gasteiger partial charge in [-0.05, 0) is 36.1 Å². The molecule has 0 unspecified atom stereocenters. The van der Waals surface area contributed by atoms with Gasteiger partial charge in [-0.15, -0.1) is 0 Å². The van der Waals surface area contributed by atoms with Gasteiger partial charge in [0.2, 0.25) is 5.91 Å². The lowest BCUT2D eigenvalue weighted by atomic mass is 10.1. The van der Waals surface area contributed by atoms with E-state index in [4.69, 9.17) is 0 Å². The van der Waals surface area contributed by atoms with Crippen molar-refractivity contribution in [1.82, 2.24) is 4.98 Å². The Kier molecular flexibility index (Phi) is 3.37. The minimum Gasteiger partial charge on any atom is -0.343 e. The highest BCUT2D eigenvalue weighted by Gasteiger charge is 2.41. The maximum atomic E-state index is 12.9. The predicted molar refractivity (Wildman–Crippen MR) is 92.3 cm³/mol. The summed E-state index contributed by atoms with van der Waals surface area (Å²) in [7, 11) is 0. The number of anilines is 2. The standard InChI is InChI=1S/C19H19N3O/c1-2-14-7-9-15(10-8-14)13-22-16-5-3-11-20-18(16)21-12-4-6-17(21)19(22)23/h2-3,5,7-11,17H,1,4,6,12-13H2/t17-/m0/s1. The van der Waals surface area contributed by atoms with Crippen molar-refractivity contribution < 1.29 is 4.79 Å². The van der Waals surface area contributed by atoms with Crippen molar-refractivity contribution >= 4 is 23.5 Å². The Morgan fingerprint density at radius 1 is 1.26 bits per heavy atom. The van der Waals surface area contributed by atoms with Gasteiger partial charge in [0.1, 0.15) is 6.04 Å². The van der Waals surface area contributed by atoms with Crippen LogP contribution in [0.3, 0.4) is 0 Å². The summed E-state index contributed by atoms with van der Waals surface area (Å²) in [5.74, 6) is 1.13. The lowest BCUT2D eigenvalue weighted by Crippen LogP contribution is -2.50. The molecule has 4 rings (SSSR count). The molecule has 0 N–H and O–H groups in total. The monoisotopic (exact) mass is 305 g/mol. The smallest absolute Gasteiger partial charge is 0.250 e. The van der Waals surface area contributed by atoms with Crippen LogP contribution < -0.4 is 9.80 Å². The number of amides is 1. The van der Waals surface area contributed by atoms with Crippen LogP contribution in [0.1, 0.15) is 24.0 Å². The number of benzene rings is 1. The first-order valence-corrected chi connectivity index (χ1v) is 8.02. The molecule has 4 heteroatoms. The second-order valence-electron chi connectivity index (χ2n) is 6.07. The van der Waals surface area contributed by atoms with Crippen LogP contribution in [-0.2, 0) is 11.3 Å². The van der Waals surface area contributed by atoms with Crippen LogP contribution in [0.15, 0.2) is 49.2 Å². The van der Waals surface area contributed by atoms with Gasteiger partial charge >= 0.3 is 0 Å². The number of aromatic nitrogens is 1. The Morgan fingerprint density at radius 2 is 2.09 bits per heavy atom. The number of fused-ring (bicyclic) bond motifs is 3. The number of rotatable bonds is 3. The molecule has 116 valence electrons. The molecule has 0 spiro atoms. The van der Waals surface area contributed by atoms with E-state index in [-0.39, 0.29) is 11.9 Å². The van der Waals surface area contributed by atoms with Crippen molar-refractivity contribution in [3.05, 3.63) is 60.3 Å². The van der Waals surface area contributed by atoms with Crippen LogP contribution in [0.5, 0.6) is 0 Å². The Hall–Kier alpha value is -2.62.